The average Bonchev–Trinajstić information content (AvgIpc) is 2.62. The molecule has 0 saturated heterocycles. The number of aliphatic hydroxyl groups is 1. The highest BCUT2D eigenvalue weighted by atomic mass is 16.3. The normalized spacial score (nSPS) is 20.0. The molecular formula is C13H24N2O. The van der Waals surface area contributed by atoms with E-state index in [1.165, 1.54) is 0 Å². The quantitative estimate of drug-likeness (QED) is 0.778. The molecule has 0 radical (unpaired) electrons. The second kappa shape index (κ2) is 5.16. The summed E-state index contributed by atoms with van der Waals surface area (Å²) in [5, 5.41) is 19.2. The van der Waals surface area contributed by atoms with E-state index < -0.39 is 5.60 Å². The van der Waals surface area contributed by atoms with Crippen molar-refractivity contribution in [1.29, 1.82) is 5.26 Å². The van der Waals surface area contributed by atoms with E-state index in [1.807, 2.05) is 20.9 Å². The van der Waals surface area contributed by atoms with Gasteiger partial charge in [0.15, 0.2) is 0 Å². The van der Waals surface area contributed by atoms with Gasteiger partial charge in [-0.3, -0.25) is 0 Å². The van der Waals surface area contributed by atoms with Gasteiger partial charge in [0, 0.05) is 6.54 Å². The minimum absolute atomic E-state index is 0.257. The summed E-state index contributed by atoms with van der Waals surface area (Å²) in [5.41, 5.74) is -0.724. The predicted molar refractivity (Wildman–Crippen MR) is 64.9 cm³/mol. The van der Waals surface area contributed by atoms with Gasteiger partial charge in [-0.1, -0.05) is 12.8 Å². The zero-order valence-corrected chi connectivity index (χ0v) is 10.8. The van der Waals surface area contributed by atoms with Crippen LogP contribution in [0.25, 0.3) is 0 Å². The lowest BCUT2D eigenvalue weighted by Gasteiger charge is -2.29. The molecule has 92 valence electrons. The van der Waals surface area contributed by atoms with Crippen LogP contribution in [0.1, 0.15) is 46.0 Å². The van der Waals surface area contributed by atoms with Gasteiger partial charge in [-0.15, -0.1) is 0 Å². The lowest BCUT2D eigenvalue weighted by molar-refractivity contribution is 0.0148. The summed E-state index contributed by atoms with van der Waals surface area (Å²) in [4.78, 5) is 2.16. The fourth-order valence-electron chi connectivity index (χ4n) is 2.30. The Hall–Kier alpha value is -0.590. The van der Waals surface area contributed by atoms with E-state index >= 15 is 0 Å². The van der Waals surface area contributed by atoms with Crippen molar-refractivity contribution in [2.24, 2.45) is 5.41 Å². The Kier molecular flexibility index (Phi) is 4.35. The smallest absolute Gasteiger partial charge is 0.0774 e. The zero-order chi connectivity index (χ0) is 12.2. The Morgan fingerprint density at radius 2 is 1.94 bits per heavy atom. The molecule has 1 rings (SSSR count). The van der Waals surface area contributed by atoms with Crippen molar-refractivity contribution in [3.05, 3.63) is 0 Å². The highest BCUT2D eigenvalue weighted by Gasteiger charge is 2.32. The van der Waals surface area contributed by atoms with Crippen molar-refractivity contribution in [2.75, 3.05) is 20.1 Å². The minimum Gasteiger partial charge on any atom is -0.389 e. The lowest BCUT2D eigenvalue weighted by Crippen LogP contribution is -2.40. The molecule has 0 spiro atoms. The molecule has 1 aliphatic carbocycles. The second-order valence-corrected chi connectivity index (χ2v) is 5.91. The van der Waals surface area contributed by atoms with Gasteiger partial charge in [-0.2, -0.15) is 5.26 Å². The number of likely N-dealkylation sites (N-methyl/N-ethyl adjacent to an activating group) is 1. The first-order valence-corrected chi connectivity index (χ1v) is 6.19. The summed E-state index contributed by atoms with van der Waals surface area (Å²) < 4.78 is 0. The predicted octanol–water partition coefficient (Wildman–Crippen LogP) is 2.16. The van der Waals surface area contributed by atoms with Gasteiger partial charge in [0.05, 0.1) is 17.1 Å². The first kappa shape index (κ1) is 13.5. The van der Waals surface area contributed by atoms with E-state index in [0.717, 1.165) is 45.2 Å². The monoisotopic (exact) mass is 224 g/mol. The van der Waals surface area contributed by atoms with Gasteiger partial charge < -0.3 is 10.0 Å². The zero-order valence-electron chi connectivity index (χ0n) is 10.8. The molecule has 3 heteroatoms. The third-order valence-corrected chi connectivity index (χ3v) is 3.52. The van der Waals surface area contributed by atoms with Crippen LogP contribution < -0.4 is 0 Å². The van der Waals surface area contributed by atoms with E-state index in [9.17, 15) is 5.11 Å². The highest BCUT2D eigenvalue weighted by Crippen LogP contribution is 2.30. The van der Waals surface area contributed by atoms with Gasteiger partial charge in [0.25, 0.3) is 0 Å². The minimum atomic E-state index is -0.467. The Balaban J connectivity index is 2.31. The summed E-state index contributed by atoms with van der Waals surface area (Å²) in [7, 11) is 2.03. The number of hydrogen-bond donors (Lipinski definition) is 1. The molecule has 1 aliphatic rings. The largest absolute Gasteiger partial charge is 0.389 e. The van der Waals surface area contributed by atoms with Crippen molar-refractivity contribution in [1.82, 2.24) is 4.90 Å². The Bertz CT molecular complexity index is 262. The fraction of sp³-hybridized carbons (Fsp3) is 0.923. The highest BCUT2D eigenvalue weighted by molar-refractivity contribution is 4.93. The van der Waals surface area contributed by atoms with Crippen LogP contribution >= 0.6 is 0 Å². The topological polar surface area (TPSA) is 47.3 Å². The van der Waals surface area contributed by atoms with Gasteiger partial charge in [-0.25, -0.2) is 0 Å². The molecule has 0 unspecified atom stereocenters. The van der Waals surface area contributed by atoms with Gasteiger partial charge >= 0.3 is 0 Å². The van der Waals surface area contributed by atoms with E-state index in [1.54, 1.807) is 0 Å². The van der Waals surface area contributed by atoms with Crippen LogP contribution in [0.4, 0.5) is 0 Å². The van der Waals surface area contributed by atoms with Crippen LogP contribution in [0.3, 0.4) is 0 Å². The lowest BCUT2D eigenvalue weighted by atomic mass is 9.91. The fourth-order valence-corrected chi connectivity index (χ4v) is 2.30. The summed E-state index contributed by atoms with van der Waals surface area (Å²) in [5.74, 6) is 0. The molecule has 16 heavy (non-hydrogen) atoms. The number of hydrogen-bond acceptors (Lipinski definition) is 3. The third kappa shape index (κ3) is 4.11. The van der Waals surface area contributed by atoms with E-state index in [4.69, 9.17) is 5.26 Å². The summed E-state index contributed by atoms with van der Waals surface area (Å²) in [6, 6.07) is 2.31. The molecule has 0 atom stereocenters. The number of nitriles is 1. The van der Waals surface area contributed by atoms with E-state index in [-0.39, 0.29) is 5.41 Å². The molecule has 0 aliphatic heterocycles. The van der Waals surface area contributed by atoms with Crippen LogP contribution in [0.5, 0.6) is 0 Å². The maximum Gasteiger partial charge on any atom is 0.0774 e. The molecule has 0 bridgehead atoms. The Labute approximate surface area is 99.1 Å². The van der Waals surface area contributed by atoms with E-state index in [0.29, 0.717) is 0 Å². The first-order valence-electron chi connectivity index (χ1n) is 6.19. The molecule has 0 amide bonds. The van der Waals surface area contributed by atoms with Crippen LogP contribution in [-0.2, 0) is 0 Å². The van der Waals surface area contributed by atoms with Crippen LogP contribution in [0.15, 0.2) is 0 Å². The van der Waals surface area contributed by atoms with Crippen molar-refractivity contribution < 1.29 is 5.11 Å². The molecule has 0 aromatic rings. The number of nitrogens with zero attached hydrogens (tertiary/aromatic N) is 2. The molecule has 1 saturated carbocycles. The maximum atomic E-state index is 10.2. The molecule has 0 aromatic carbocycles. The Morgan fingerprint density at radius 1 is 1.38 bits per heavy atom. The number of rotatable bonds is 5. The van der Waals surface area contributed by atoms with Crippen molar-refractivity contribution in [2.45, 2.75) is 51.6 Å². The molecular weight excluding hydrogens is 200 g/mol. The first-order chi connectivity index (χ1) is 7.37. The van der Waals surface area contributed by atoms with Crippen LogP contribution in [0, 0.1) is 16.7 Å². The molecule has 0 aromatic heterocycles. The van der Waals surface area contributed by atoms with Gasteiger partial charge in [0.2, 0.25) is 0 Å². The maximum absolute atomic E-state index is 10.2. The molecule has 0 heterocycles. The van der Waals surface area contributed by atoms with Crippen LogP contribution in [-0.4, -0.2) is 35.7 Å². The molecule has 3 nitrogen and oxygen atoms in total. The third-order valence-electron chi connectivity index (χ3n) is 3.52. The standard InChI is InChI=1S/C13H24N2O/c1-12(2,10-14)8-9-15(3)11-13(16)6-4-5-7-13/h16H,4-9,11H2,1-3H3. The van der Waals surface area contributed by atoms with E-state index in [2.05, 4.69) is 11.0 Å². The van der Waals surface area contributed by atoms with Crippen molar-refractivity contribution in [3.63, 3.8) is 0 Å². The summed E-state index contributed by atoms with van der Waals surface area (Å²) in [6.07, 6.45) is 5.01. The SMILES string of the molecule is CN(CCC(C)(C)C#N)CC1(O)CCCC1. The van der Waals surface area contributed by atoms with Crippen molar-refractivity contribution >= 4 is 0 Å². The van der Waals surface area contributed by atoms with Crippen molar-refractivity contribution in [3.8, 4) is 6.07 Å². The second-order valence-electron chi connectivity index (χ2n) is 5.91. The van der Waals surface area contributed by atoms with Gasteiger partial charge in [0.1, 0.15) is 0 Å². The Morgan fingerprint density at radius 3 is 2.44 bits per heavy atom. The van der Waals surface area contributed by atoms with Gasteiger partial charge in [-0.05, 0) is 46.7 Å². The average molecular weight is 224 g/mol. The molecule has 1 fully saturated rings. The summed E-state index contributed by atoms with van der Waals surface area (Å²) in [6.45, 7) is 5.55. The summed E-state index contributed by atoms with van der Waals surface area (Å²) >= 11 is 0. The van der Waals surface area contributed by atoms with Crippen LogP contribution in [0.2, 0.25) is 0 Å². The molecule has 1 N–H and O–H groups in total.